The van der Waals surface area contributed by atoms with Gasteiger partial charge in [-0.1, -0.05) is 29.8 Å². The minimum Gasteiger partial charge on any atom is -0.489 e. The van der Waals surface area contributed by atoms with Crippen molar-refractivity contribution in [3.63, 3.8) is 0 Å². The number of benzene rings is 2. The van der Waals surface area contributed by atoms with Crippen molar-refractivity contribution in [2.45, 2.75) is 40.5 Å². The Hall–Kier alpha value is -3.08. The Morgan fingerprint density at radius 2 is 2.00 bits per heavy atom. The first kappa shape index (κ1) is 18.7. The Labute approximate surface area is 160 Å². The molecule has 5 heteroatoms. The van der Waals surface area contributed by atoms with E-state index in [0.717, 1.165) is 29.0 Å². The van der Waals surface area contributed by atoms with Gasteiger partial charge < -0.3 is 10.1 Å². The molecule has 0 aliphatic heterocycles. The number of aryl methyl sites for hydroxylation is 3. The number of aromatic nitrogens is 2. The molecule has 0 unspecified atom stereocenters. The highest BCUT2D eigenvalue weighted by Gasteiger charge is 2.08. The summed E-state index contributed by atoms with van der Waals surface area (Å²) in [6, 6.07) is 13.6. The molecule has 0 aliphatic carbocycles. The van der Waals surface area contributed by atoms with E-state index in [-0.39, 0.29) is 5.91 Å². The zero-order chi connectivity index (χ0) is 19.2. The minimum atomic E-state index is -0.104. The van der Waals surface area contributed by atoms with Crippen LogP contribution in [-0.2, 0) is 19.7 Å². The van der Waals surface area contributed by atoms with Crippen molar-refractivity contribution < 1.29 is 9.53 Å². The van der Waals surface area contributed by atoms with Crippen molar-refractivity contribution in [3.8, 4) is 5.75 Å². The lowest BCUT2D eigenvalue weighted by molar-refractivity contribution is 0.0950. The third-order valence-corrected chi connectivity index (χ3v) is 4.38. The summed E-state index contributed by atoms with van der Waals surface area (Å²) in [5, 5.41) is 7.15. The molecule has 1 heterocycles. The number of carbonyl (C=O) groups excluding carboxylic acids is 1. The fourth-order valence-corrected chi connectivity index (χ4v) is 2.88. The number of amides is 1. The van der Waals surface area contributed by atoms with Gasteiger partial charge in [-0.3, -0.25) is 9.48 Å². The predicted octanol–water partition coefficient (Wildman–Crippen LogP) is 4.03. The van der Waals surface area contributed by atoms with Crippen molar-refractivity contribution in [2.24, 2.45) is 0 Å². The number of carbonyl (C=O) groups is 1. The smallest absolute Gasteiger partial charge is 0.251 e. The number of hydrogen-bond acceptors (Lipinski definition) is 3. The average Bonchev–Trinajstić information content (AvgIpc) is 3.14. The molecule has 1 aromatic heterocycles. The molecule has 2 aromatic carbocycles. The van der Waals surface area contributed by atoms with Crippen LogP contribution < -0.4 is 10.1 Å². The summed E-state index contributed by atoms with van der Waals surface area (Å²) in [5.41, 5.74) is 4.89. The van der Waals surface area contributed by atoms with E-state index >= 15 is 0 Å². The van der Waals surface area contributed by atoms with Crippen LogP contribution in [0.2, 0.25) is 0 Å². The van der Waals surface area contributed by atoms with Crippen LogP contribution in [0.1, 0.15) is 39.5 Å². The van der Waals surface area contributed by atoms with Gasteiger partial charge >= 0.3 is 0 Å². The van der Waals surface area contributed by atoms with E-state index in [4.69, 9.17) is 4.74 Å². The lowest BCUT2D eigenvalue weighted by atomic mass is 10.1. The standard InChI is InChI=1S/C22H25N3O2/c1-4-25-14-19(13-24-25)12-23-22(26)20-7-5-6-18(11-20)15-27-21-9-8-16(2)10-17(21)3/h5-11,13-14H,4,12,15H2,1-3H3,(H,23,26). The molecule has 5 nitrogen and oxygen atoms in total. The summed E-state index contributed by atoms with van der Waals surface area (Å²) in [6.07, 6.45) is 3.71. The fourth-order valence-electron chi connectivity index (χ4n) is 2.88. The van der Waals surface area contributed by atoms with Crippen molar-refractivity contribution in [1.82, 2.24) is 15.1 Å². The molecular weight excluding hydrogens is 338 g/mol. The molecule has 1 amide bonds. The molecule has 3 aromatic rings. The highest BCUT2D eigenvalue weighted by atomic mass is 16.5. The number of ether oxygens (including phenoxy) is 1. The topological polar surface area (TPSA) is 56.2 Å². The van der Waals surface area contributed by atoms with Crippen LogP contribution in [0, 0.1) is 13.8 Å². The lowest BCUT2D eigenvalue weighted by Crippen LogP contribution is -2.22. The van der Waals surface area contributed by atoms with E-state index in [0.29, 0.717) is 18.7 Å². The predicted molar refractivity (Wildman–Crippen MR) is 106 cm³/mol. The summed E-state index contributed by atoms with van der Waals surface area (Å²) >= 11 is 0. The van der Waals surface area contributed by atoms with Crippen LogP contribution in [-0.4, -0.2) is 15.7 Å². The summed E-state index contributed by atoms with van der Waals surface area (Å²) in [5.74, 6) is 0.760. The third kappa shape index (κ3) is 4.97. The Balaban J connectivity index is 1.59. The van der Waals surface area contributed by atoms with Gasteiger partial charge in [-0.05, 0) is 50.1 Å². The minimum absolute atomic E-state index is 0.104. The molecule has 3 rings (SSSR count). The average molecular weight is 363 g/mol. The van der Waals surface area contributed by atoms with Gasteiger partial charge in [-0.15, -0.1) is 0 Å². The van der Waals surface area contributed by atoms with Gasteiger partial charge in [-0.2, -0.15) is 5.10 Å². The van der Waals surface area contributed by atoms with E-state index in [1.807, 2.05) is 61.1 Å². The molecule has 0 aliphatic rings. The second kappa shape index (κ2) is 8.54. The molecule has 0 bridgehead atoms. The first-order valence-corrected chi connectivity index (χ1v) is 9.13. The molecule has 140 valence electrons. The van der Waals surface area contributed by atoms with Crippen LogP contribution in [0.25, 0.3) is 0 Å². The van der Waals surface area contributed by atoms with E-state index in [1.165, 1.54) is 5.56 Å². The maximum absolute atomic E-state index is 12.4. The highest BCUT2D eigenvalue weighted by molar-refractivity contribution is 5.94. The third-order valence-electron chi connectivity index (χ3n) is 4.38. The van der Waals surface area contributed by atoms with Crippen LogP contribution in [0.3, 0.4) is 0 Å². The van der Waals surface area contributed by atoms with Crippen molar-refractivity contribution >= 4 is 5.91 Å². The van der Waals surface area contributed by atoms with Crippen LogP contribution in [0.4, 0.5) is 0 Å². The summed E-state index contributed by atoms with van der Waals surface area (Å²) in [4.78, 5) is 12.4. The van der Waals surface area contributed by atoms with Crippen molar-refractivity contribution in [2.75, 3.05) is 0 Å². The van der Waals surface area contributed by atoms with Crippen LogP contribution in [0.5, 0.6) is 5.75 Å². The van der Waals surface area contributed by atoms with Crippen LogP contribution >= 0.6 is 0 Å². The number of nitrogens with zero attached hydrogens (tertiary/aromatic N) is 2. The largest absolute Gasteiger partial charge is 0.489 e. The number of rotatable bonds is 7. The van der Waals surface area contributed by atoms with Gasteiger partial charge in [0.1, 0.15) is 12.4 Å². The first-order chi connectivity index (χ1) is 13.0. The van der Waals surface area contributed by atoms with Crippen molar-refractivity contribution in [3.05, 3.63) is 82.7 Å². The Kier molecular flexibility index (Phi) is 5.91. The molecule has 0 saturated carbocycles. The number of hydrogen-bond donors (Lipinski definition) is 1. The van der Waals surface area contributed by atoms with E-state index in [9.17, 15) is 4.79 Å². The van der Waals surface area contributed by atoms with Gasteiger partial charge in [-0.25, -0.2) is 0 Å². The van der Waals surface area contributed by atoms with Gasteiger partial charge in [0, 0.05) is 30.4 Å². The van der Waals surface area contributed by atoms with E-state index < -0.39 is 0 Å². The maximum Gasteiger partial charge on any atom is 0.251 e. The monoisotopic (exact) mass is 363 g/mol. The lowest BCUT2D eigenvalue weighted by Gasteiger charge is -2.11. The zero-order valence-electron chi connectivity index (χ0n) is 16.0. The van der Waals surface area contributed by atoms with Gasteiger partial charge in [0.25, 0.3) is 5.91 Å². The quantitative estimate of drug-likeness (QED) is 0.689. The zero-order valence-corrected chi connectivity index (χ0v) is 16.0. The highest BCUT2D eigenvalue weighted by Crippen LogP contribution is 2.20. The molecule has 0 spiro atoms. The second-order valence-corrected chi connectivity index (χ2v) is 6.64. The summed E-state index contributed by atoms with van der Waals surface area (Å²) < 4.78 is 7.75. The molecule has 0 radical (unpaired) electrons. The Morgan fingerprint density at radius 1 is 1.15 bits per heavy atom. The molecule has 27 heavy (non-hydrogen) atoms. The van der Waals surface area contributed by atoms with Crippen molar-refractivity contribution in [1.29, 1.82) is 0 Å². The van der Waals surface area contributed by atoms with Gasteiger partial charge in [0.2, 0.25) is 0 Å². The molecule has 1 N–H and O–H groups in total. The molecule has 0 saturated heterocycles. The first-order valence-electron chi connectivity index (χ1n) is 9.13. The normalized spacial score (nSPS) is 10.6. The summed E-state index contributed by atoms with van der Waals surface area (Å²) in [7, 11) is 0. The van der Waals surface area contributed by atoms with E-state index in [2.05, 4.69) is 23.4 Å². The maximum atomic E-state index is 12.4. The van der Waals surface area contributed by atoms with E-state index in [1.54, 1.807) is 6.20 Å². The van der Waals surface area contributed by atoms with Crippen LogP contribution in [0.15, 0.2) is 54.9 Å². The van der Waals surface area contributed by atoms with Gasteiger partial charge in [0.05, 0.1) is 6.20 Å². The summed E-state index contributed by atoms with van der Waals surface area (Å²) in [6.45, 7) is 7.83. The Morgan fingerprint density at radius 3 is 2.74 bits per heavy atom. The fraction of sp³-hybridized carbons (Fsp3) is 0.273. The SMILES string of the molecule is CCn1cc(CNC(=O)c2cccc(COc3ccc(C)cc3C)c2)cn1. The second-order valence-electron chi connectivity index (χ2n) is 6.64. The number of nitrogens with one attached hydrogen (secondary N) is 1. The molecular formula is C22H25N3O2. The molecule has 0 atom stereocenters. The van der Waals surface area contributed by atoms with Gasteiger partial charge in [0.15, 0.2) is 0 Å². The molecule has 0 fully saturated rings. The Bertz CT molecular complexity index is 931.